The van der Waals surface area contributed by atoms with Crippen molar-refractivity contribution < 1.29 is 0 Å². The summed E-state index contributed by atoms with van der Waals surface area (Å²) in [6.07, 6.45) is 13.7. The minimum Gasteiger partial charge on any atom is -0.381 e. The summed E-state index contributed by atoms with van der Waals surface area (Å²) in [5.41, 5.74) is 1.12. The molecule has 4 nitrogen and oxygen atoms in total. The van der Waals surface area contributed by atoms with Gasteiger partial charge in [-0.25, -0.2) is 9.97 Å². The Kier molecular flexibility index (Phi) is 4.00. The quantitative estimate of drug-likeness (QED) is 0.865. The lowest BCUT2D eigenvalue weighted by Gasteiger charge is -2.17. The highest BCUT2D eigenvalue weighted by Gasteiger charge is 2.12. The van der Waals surface area contributed by atoms with Gasteiger partial charge in [-0.05, 0) is 31.9 Å². The zero-order valence-electron chi connectivity index (χ0n) is 12.0. The van der Waals surface area contributed by atoms with Crippen LogP contribution < -0.4 is 5.32 Å². The number of aromatic nitrogens is 3. The topological polar surface area (TPSA) is 42.7 Å². The second-order valence-electron chi connectivity index (χ2n) is 5.58. The molecule has 4 heteroatoms. The molecule has 0 bridgehead atoms. The summed E-state index contributed by atoms with van der Waals surface area (Å²) in [5, 5.41) is 3.62. The van der Waals surface area contributed by atoms with Crippen LogP contribution in [0.3, 0.4) is 0 Å². The van der Waals surface area contributed by atoms with Gasteiger partial charge >= 0.3 is 0 Å². The molecule has 106 valence electrons. The maximum Gasteiger partial charge on any atom is 0.138 e. The molecule has 0 spiro atoms. The van der Waals surface area contributed by atoms with Gasteiger partial charge < -0.3 is 5.32 Å². The Hall–Kier alpha value is -1.84. The van der Waals surface area contributed by atoms with Crippen LogP contribution in [0.15, 0.2) is 30.7 Å². The van der Waals surface area contributed by atoms with Gasteiger partial charge in [0.2, 0.25) is 0 Å². The summed E-state index contributed by atoms with van der Waals surface area (Å²) in [4.78, 5) is 8.76. The van der Waals surface area contributed by atoms with Crippen LogP contribution in [0.2, 0.25) is 0 Å². The molecule has 0 aliphatic heterocycles. The van der Waals surface area contributed by atoms with Gasteiger partial charge in [-0.3, -0.25) is 4.57 Å². The van der Waals surface area contributed by atoms with Gasteiger partial charge in [0, 0.05) is 18.4 Å². The third-order valence-electron chi connectivity index (χ3n) is 4.05. The highest BCUT2D eigenvalue weighted by Crippen LogP contribution is 2.21. The molecule has 0 unspecified atom stereocenters. The first-order valence-electron chi connectivity index (χ1n) is 7.56. The van der Waals surface area contributed by atoms with E-state index < -0.39 is 0 Å². The van der Waals surface area contributed by atoms with Crippen LogP contribution in [0.1, 0.15) is 44.3 Å². The number of hydrogen-bond donors (Lipinski definition) is 1. The number of pyridine rings is 1. The summed E-state index contributed by atoms with van der Waals surface area (Å²) in [6.45, 7) is 1.99. The van der Waals surface area contributed by atoms with Crippen molar-refractivity contribution in [3.63, 3.8) is 0 Å². The van der Waals surface area contributed by atoms with E-state index in [2.05, 4.69) is 21.4 Å². The first-order chi connectivity index (χ1) is 9.83. The molecule has 0 amide bonds. The summed E-state index contributed by atoms with van der Waals surface area (Å²) >= 11 is 0. The molecule has 0 aromatic carbocycles. The Morgan fingerprint density at radius 2 is 1.90 bits per heavy atom. The predicted molar refractivity (Wildman–Crippen MR) is 81.2 cm³/mol. The van der Waals surface area contributed by atoms with Crippen molar-refractivity contribution in [3.05, 3.63) is 36.5 Å². The molecule has 1 saturated carbocycles. The molecule has 20 heavy (non-hydrogen) atoms. The molecule has 1 N–H and O–H groups in total. The molecule has 2 aromatic rings. The number of nitrogens with zero attached hydrogens (tertiary/aromatic N) is 3. The first-order valence-corrected chi connectivity index (χ1v) is 7.56. The molecule has 0 saturated heterocycles. The minimum absolute atomic E-state index is 0.611. The van der Waals surface area contributed by atoms with Gasteiger partial charge in [-0.2, -0.15) is 0 Å². The normalized spacial score (nSPS) is 16.9. The predicted octanol–water partition coefficient (Wildman–Crippen LogP) is 3.71. The molecular formula is C16H22N4. The molecule has 1 fully saturated rings. The highest BCUT2D eigenvalue weighted by molar-refractivity contribution is 5.44. The zero-order chi connectivity index (χ0) is 13.8. The number of imidazole rings is 1. The largest absolute Gasteiger partial charge is 0.381 e. The van der Waals surface area contributed by atoms with Crippen LogP contribution in [-0.2, 0) is 0 Å². The molecule has 3 rings (SSSR count). The van der Waals surface area contributed by atoms with E-state index >= 15 is 0 Å². The molecule has 0 atom stereocenters. The van der Waals surface area contributed by atoms with E-state index in [4.69, 9.17) is 0 Å². The molecule has 2 heterocycles. The Morgan fingerprint density at radius 3 is 2.50 bits per heavy atom. The van der Waals surface area contributed by atoms with E-state index in [-0.39, 0.29) is 0 Å². The van der Waals surface area contributed by atoms with E-state index in [9.17, 15) is 0 Å². The van der Waals surface area contributed by atoms with Gasteiger partial charge in [0.1, 0.15) is 11.6 Å². The summed E-state index contributed by atoms with van der Waals surface area (Å²) in [7, 11) is 0. The van der Waals surface area contributed by atoms with Crippen LogP contribution >= 0.6 is 0 Å². The lowest BCUT2D eigenvalue weighted by Crippen LogP contribution is -2.18. The molecule has 1 aliphatic carbocycles. The lowest BCUT2D eigenvalue weighted by molar-refractivity contribution is 0.619. The van der Waals surface area contributed by atoms with E-state index in [1.165, 1.54) is 38.5 Å². The average Bonchev–Trinajstić information content (AvgIpc) is 2.73. The molecule has 0 radical (unpaired) electrons. The van der Waals surface area contributed by atoms with Gasteiger partial charge in [0.25, 0.3) is 0 Å². The monoisotopic (exact) mass is 270 g/mol. The van der Waals surface area contributed by atoms with Crippen molar-refractivity contribution in [2.24, 2.45) is 0 Å². The number of aryl methyl sites for hydroxylation is 1. The molecular weight excluding hydrogens is 248 g/mol. The minimum atomic E-state index is 0.611. The van der Waals surface area contributed by atoms with E-state index in [0.29, 0.717) is 6.04 Å². The highest BCUT2D eigenvalue weighted by atomic mass is 15.1. The smallest absolute Gasteiger partial charge is 0.138 e. The fraction of sp³-hybridized carbons (Fsp3) is 0.500. The summed E-state index contributed by atoms with van der Waals surface area (Å²) in [5.74, 6) is 1.88. The van der Waals surface area contributed by atoms with Crippen LogP contribution in [0.5, 0.6) is 0 Å². The Bertz CT molecular complexity index is 536. The lowest BCUT2D eigenvalue weighted by atomic mass is 10.1. The number of rotatable bonds is 3. The third kappa shape index (κ3) is 3.00. The van der Waals surface area contributed by atoms with Crippen LogP contribution in [0.25, 0.3) is 5.82 Å². The van der Waals surface area contributed by atoms with Gasteiger partial charge in [0.05, 0.1) is 11.9 Å². The van der Waals surface area contributed by atoms with Gasteiger partial charge in [-0.1, -0.05) is 25.7 Å². The number of nitrogens with one attached hydrogen (secondary N) is 1. The number of hydrogen-bond acceptors (Lipinski definition) is 3. The van der Waals surface area contributed by atoms with Crippen LogP contribution in [-0.4, -0.2) is 20.6 Å². The standard InChI is InChI=1S/C16H22N4/c1-13-17-10-11-20(13)16-9-8-15(12-18-16)19-14-6-4-2-3-5-7-14/h8-12,14,19H,2-7H2,1H3. The first kappa shape index (κ1) is 13.2. The second kappa shape index (κ2) is 6.07. The maximum atomic E-state index is 4.53. The van der Waals surface area contributed by atoms with Crippen molar-refractivity contribution in [1.82, 2.24) is 14.5 Å². The van der Waals surface area contributed by atoms with Crippen molar-refractivity contribution in [2.45, 2.75) is 51.5 Å². The Morgan fingerprint density at radius 1 is 1.10 bits per heavy atom. The zero-order valence-corrected chi connectivity index (χ0v) is 12.0. The van der Waals surface area contributed by atoms with Crippen molar-refractivity contribution >= 4 is 5.69 Å². The molecule has 1 aliphatic rings. The van der Waals surface area contributed by atoms with Gasteiger partial charge in [0.15, 0.2) is 0 Å². The average molecular weight is 270 g/mol. The second-order valence-corrected chi connectivity index (χ2v) is 5.58. The van der Waals surface area contributed by atoms with Crippen molar-refractivity contribution in [3.8, 4) is 5.82 Å². The number of anilines is 1. The summed E-state index contributed by atoms with van der Waals surface area (Å²) in [6, 6.07) is 4.78. The summed E-state index contributed by atoms with van der Waals surface area (Å²) < 4.78 is 2.00. The fourth-order valence-electron chi connectivity index (χ4n) is 2.89. The maximum absolute atomic E-state index is 4.53. The Labute approximate surface area is 120 Å². The Balaban J connectivity index is 1.68. The van der Waals surface area contributed by atoms with Crippen molar-refractivity contribution in [2.75, 3.05) is 5.32 Å². The third-order valence-corrected chi connectivity index (χ3v) is 4.05. The van der Waals surface area contributed by atoms with E-state index in [1.54, 1.807) is 6.20 Å². The van der Waals surface area contributed by atoms with Crippen LogP contribution in [0, 0.1) is 6.92 Å². The van der Waals surface area contributed by atoms with Gasteiger partial charge in [-0.15, -0.1) is 0 Å². The van der Waals surface area contributed by atoms with Crippen molar-refractivity contribution in [1.29, 1.82) is 0 Å². The fourth-order valence-corrected chi connectivity index (χ4v) is 2.89. The van der Waals surface area contributed by atoms with E-state index in [1.807, 2.05) is 30.0 Å². The molecule has 2 aromatic heterocycles. The SMILES string of the molecule is Cc1nccn1-c1ccc(NC2CCCCCC2)cn1. The van der Waals surface area contributed by atoms with Crippen LogP contribution in [0.4, 0.5) is 5.69 Å². The van der Waals surface area contributed by atoms with E-state index in [0.717, 1.165) is 17.3 Å².